The number of rotatable bonds is 7. The Bertz CT molecular complexity index is 1390. The van der Waals surface area contributed by atoms with Crippen molar-refractivity contribution in [2.45, 2.75) is 31.7 Å². The number of carbonyl (C=O) groups excluding carboxylic acids is 1. The smallest absolute Gasteiger partial charge is 0.255 e. The predicted molar refractivity (Wildman–Crippen MR) is 138 cm³/mol. The van der Waals surface area contributed by atoms with E-state index in [9.17, 15) is 9.90 Å². The molecule has 2 atom stereocenters. The van der Waals surface area contributed by atoms with E-state index in [2.05, 4.69) is 17.4 Å². The number of para-hydroxylation sites is 1. The SMILES string of the molecule is COc1ccccc1C(=O)NCc1ccc(-c2nn(C3CCc4ccccc43)c(N)c2C(N)O)cc1. The number of methoxy groups -OCH3 is 1. The van der Waals surface area contributed by atoms with E-state index in [-0.39, 0.29) is 11.9 Å². The maximum Gasteiger partial charge on any atom is 0.255 e. The third-order valence-electron chi connectivity index (χ3n) is 6.71. The standard InChI is InChI=1S/C28H29N5O3/c1-36-23-9-5-4-8-21(23)28(35)31-16-17-10-12-19(13-11-17)25-24(27(30)34)26(29)33(32-25)22-15-14-18-6-2-3-7-20(18)22/h2-13,22,27,34H,14-16,29-30H2,1H3,(H,31,35). The Morgan fingerprint density at radius 2 is 1.86 bits per heavy atom. The monoisotopic (exact) mass is 483 g/mol. The van der Waals surface area contributed by atoms with Gasteiger partial charge < -0.3 is 26.6 Å². The van der Waals surface area contributed by atoms with Gasteiger partial charge in [-0.2, -0.15) is 5.10 Å². The number of aryl methyl sites for hydroxylation is 1. The van der Waals surface area contributed by atoms with Gasteiger partial charge in [0.05, 0.1) is 24.3 Å². The van der Waals surface area contributed by atoms with Crippen molar-refractivity contribution in [2.75, 3.05) is 12.8 Å². The molecule has 3 aromatic carbocycles. The highest BCUT2D eigenvalue weighted by atomic mass is 16.5. The molecule has 2 unspecified atom stereocenters. The molecule has 0 radical (unpaired) electrons. The average molecular weight is 484 g/mol. The van der Waals surface area contributed by atoms with Crippen LogP contribution in [0.3, 0.4) is 0 Å². The molecular formula is C28H29N5O3. The van der Waals surface area contributed by atoms with Gasteiger partial charge in [0.25, 0.3) is 5.91 Å². The fourth-order valence-electron chi connectivity index (χ4n) is 4.88. The third-order valence-corrected chi connectivity index (χ3v) is 6.71. The second-order valence-corrected chi connectivity index (χ2v) is 8.87. The van der Waals surface area contributed by atoms with Crippen LogP contribution >= 0.6 is 0 Å². The maximum atomic E-state index is 12.6. The number of aliphatic hydroxyl groups excluding tert-OH is 1. The molecule has 36 heavy (non-hydrogen) atoms. The van der Waals surface area contributed by atoms with E-state index in [4.69, 9.17) is 21.3 Å². The molecule has 1 aromatic heterocycles. The summed E-state index contributed by atoms with van der Waals surface area (Å²) in [5, 5.41) is 18.1. The Labute approximate surface area is 209 Å². The van der Waals surface area contributed by atoms with E-state index in [1.807, 2.05) is 42.5 Å². The number of nitrogens with one attached hydrogen (secondary N) is 1. The Balaban J connectivity index is 1.38. The summed E-state index contributed by atoms with van der Waals surface area (Å²) in [5.41, 5.74) is 18.0. The van der Waals surface area contributed by atoms with Crippen molar-refractivity contribution in [1.29, 1.82) is 0 Å². The summed E-state index contributed by atoms with van der Waals surface area (Å²) in [5.74, 6) is 0.680. The number of nitrogens with two attached hydrogens (primary N) is 2. The van der Waals surface area contributed by atoms with E-state index in [1.54, 1.807) is 22.9 Å². The molecule has 0 fully saturated rings. The quantitative estimate of drug-likeness (QED) is 0.298. The number of hydrogen-bond donors (Lipinski definition) is 4. The Hall–Kier alpha value is -4.14. The van der Waals surface area contributed by atoms with E-state index in [0.717, 1.165) is 24.0 Å². The van der Waals surface area contributed by atoms with Crippen molar-refractivity contribution in [1.82, 2.24) is 15.1 Å². The molecule has 1 aliphatic rings. The summed E-state index contributed by atoms with van der Waals surface area (Å²) >= 11 is 0. The highest BCUT2D eigenvalue weighted by Gasteiger charge is 2.30. The first-order valence-corrected chi connectivity index (χ1v) is 11.9. The minimum Gasteiger partial charge on any atom is -0.496 e. The fraction of sp³-hybridized carbons (Fsp3) is 0.214. The van der Waals surface area contributed by atoms with E-state index >= 15 is 0 Å². The third kappa shape index (κ3) is 4.32. The lowest BCUT2D eigenvalue weighted by atomic mass is 10.0. The number of nitrogens with zero attached hydrogens (tertiary/aromatic N) is 2. The van der Waals surface area contributed by atoms with Gasteiger partial charge in [0.15, 0.2) is 0 Å². The highest BCUT2D eigenvalue weighted by molar-refractivity contribution is 5.96. The molecule has 0 aliphatic heterocycles. The lowest BCUT2D eigenvalue weighted by Gasteiger charge is -2.14. The number of nitrogen functional groups attached to an aromatic ring is 1. The Morgan fingerprint density at radius 3 is 2.61 bits per heavy atom. The number of anilines is 1. The average Bonchev–Trinajstić information content (AvgIpc) is 3.48. The van der Waals surface area contributed by atoms with Crippen LogP contribution in [0.4, 0.5) is 5.82 Å². The maximum absolute atomic E-state index is 12.6. The van der Waals surface area contributed by atoms with Gasteiger partial charge in [0.1, 0.15) is 23.5 Å². The number of ether oxygens (including phenoxy) is 1. The van der Waals surface area contributed by atoms with Crippen molar-refractivity contribution in [3.63, 3.8) is 0 Å². The minimum atomic E-state index is -1.26. The van der Waals surface area contributed by atoms with Gasteiger partial charge >= 0.3 is 0 Å². The van der Waals surface area contributed by atoms with Crippen LogP contribution in [0.2, 0.25) is 0 Å². The number of amides is 1. The second-order valence-electron chi connectivity index (χ2n) is 8.87. The summed E-state index contributed by atoms with van der Waals surface area (Å²) in [7, 11) is 1.54. The molecule has 8 nitrogen and oxygen atoms in total. The van der Waals surface area contributed by atoms with Gasteiger partial charge in [0, 0.05) is 12.1 Å². The molecule has 1 aliphatic carbocycles. The highest BCUT2D eigenvalue weighted by Crippen LogP contribution is 2.39. The van der Waals surface area contributed by atoms with Gasteiger partial charge in [-0.3, -0.25) is 4.79 Å². The Morgan fingerprint density at radius 1 is 1.14 bits per heavy atom. The predicted octanol–water partition coefficient (Wildman–Crippen LogP) is 3.56. The van der Waals surface area contributed by atoms with Crippen LogP contribution in [0.1, 0.15) is 51.3 Å². The van der Waals surface area contributed by atoms with Crippen LogP contribution in [0.5, 0.6) is 5.75 Å². The normalized spacial score (nSPS) is 15.4. The molecular weight excluding hydrogens is 454 g/mol. The van der Waals surface area contributed by atoms with Crippen LogP contribution in [0.25, 0.3) is 11.3 Å². The van der Waals surface area contributed by atoms with E-state index in [1.165, 1.54) is 18.2 Å². The first-order valence-electron chi connectivity index (χ1n) is 11.9. The lowest BCUT2D eigenvalue weighted by Crippen LogP contribution is -2.23. The van der Waals surface area contributed by atoms with Crippen molar-refractivity contribution in [3.05, 3.63) is 101 Å². The van der Waals surface area contributed by atoms with Crippen LogP contribution in [0.15, 0.2) is 72.8 Å². The first-order chi connectivity index (χ1) is 17.5. The molecule has 1 heterocycles. The van der Waals surface area contributed by atoms with Crippen LogP contribution < -0.4 is 21.5 Å². The molecule has 184 valence electrons. The van der Waals surface area contributed by atoms with Crippen LogP contribution in [-0.2, 0) is 13.0 Å². The first kappa shape index (κ1) is 23.6. The topological polar surface area (TPSA) is 128 Å². The zero-order chi connectivity index (χ0) is 25.2. The summed E-state index contributed by atoms with van der Waals surface area (Å²) in [6, 6.07) is 23.0. The molecule has 5 rings (SSSR count). The summed E-state index contributed by atoms with van der Waals surface area (Å²) in [4.78, 5) is 12.6. The number of carbonyl (C=O) groups is 1. The van der Waals surface area contributed by atoms with Gasteiger partial charge in [0.2, 0.25) is 0 Å². The van der Waals surface area contributed by atoms with Crippen molar-refractivity contribution in [2.24, 2.45) is 5.73 Å². The molecule has 1 amide bonds. The molecule has 6 N–H and O–H groups in total. The number of fused-ring (bicyclic) bond motifs is 1. The van der Waals surface area contributed by atoms with Crippen molar-refractivity contribution >= 4 is 11.7 Å². The summed E-state index contributed by atoms with van der Waals surface area (Å²) in [6.45, 7) is 0.346. The van der Waals surface area contributed by atoms with Gasteiger partial charge in [-0.25, -0.2) is 4.68 Å². The minimum absolute atomic E-state index is 0.00286. The van der Waals surface area contributed by atoms with Crippen LogP contribution in [-0.4, -0.2) is 27.9 Å². The lowest BCUT2D eigenvalue weighted by molar-refractivity contribution is 0.0948. The molecule has 4 aromatic rings. The number of benzene rings is 3. The number of hydrogen-bond acceptors (Lipinski definition) is 6. The van der Waals surface area contributed by atoms with Crippen molar-refractivity contribution in [3.8, 4) is 17.0 Å². The molecule has 0 bridgehead atoms. The van der Waals surface area contributed by atoms with E-state index < -0.39 is 6.23 Å². The molecule has 0 spiro atoms. The molecule has 0 saturated carbocycles. The largest absolute Gasteiger partial charge is 0.496 e. The number of aromatic nitrogens is 2. The fourth-order valence-corrected chi connectivity index (χ4v) is 4.88. The second kappa shape index (κ2) is 9.85. The van der Waals surface area contributed by atoms with Gasteiger partial charge in [-0.1, -0.05) is 60.7 Å². The summed E-state index contributed by atoms with van der Waals surface area (Å²) in [6.07, 6.45) is 0.575. The Kier molecular flexibility index (Phi) is 6.45. The molecule has 0 saturated heterocycles. The molecule has 8 heteroatoms. The van der Waals surface area contributed by atoms with Gasteiger partial charge in [-0.15, -0.1) is 0 Å². The number of aliphatic hydroxyl groups is 1. The summed E-state index contributed by atoms with van der Waals surface area (Å²) < 4.78 is 7.06. The zero-order valence-corrected chi connectivity index (χ0v) is 20.0. The zero-order valence-electron chi connectivity index (χ0n) is 20.0. The van der Waals surface area contributed by atoms with Crippen molar-refractivity contribution < 1.29 is 14.6 Å². The van der Waals surface area contributed by atoms with E-state index in [0.29, 0.717) is 34.9 Å². The van der Waals surface area contributed by atoms with Crippen LogP contribution in [0, 0.1) is 0 Å². The van der Waals surface area contributed by atoms with Gasteiger partial charge in [-0.05, 0) is 41.7 Å².